The Hall–Kier alpha value is -1.40. The molecule has 1 fully saturated rings. The van der Waals surface area contributed by atoms with Crippen LogP contribution in [0.1, 0.15) is 29.5 Å². The van der Waals surface area contributed by atoms with Crippen molar-refractivity contribution in [2.24, 2.45) is 0 Å². The van der Waals surface area contributed by atoms with E-state index in [4.69, 9.17) is 0 Å². The molecule has 0 N–H and O–H groups in total. The zero-order valence-corrected chi connectivity index (χ0v) is 14.4. The minimum Gasteiger partial charge on any atom is -0.340 e. The molecule has 1 aliphatic heterocycles. The molecule has 0 unspecified atom stereocenters. The molecule has 0 aromatic heterocycles. The van der Waals surface area contributed by atoms with Gasteiger partial charge >= 0.3 is 0 Å². The van der Waals surface area contributed by atoms with Gasteiger partial charge in [0, 0.05) is 26.2 Å². The normalized spacial score (nSPS) is 19.4. The Morgan fingerprint density at radius 3 is 2.35 bits per heavy atom. The molecule has 126 valence electrons. The third-order valence-corrected chi connectivity index (χ3v) is 6.13. The first kappa shape index (κ1) is 16.5. The van der Waals surface area contributed by atoms with Crippen molar-refractivity contribution >= 4 is 15.9 Å². The molecule has 1 aliphatic carbocycles. The van der Waals surface area contributed by atoms with Crippen LogP contribution in [-0.4, -0.2) is 56.0 Å². The fraction of sp³-hybridized carbons (Fsp3) is 0.588. The predicted octanol–water partition coefficient (Wildman–Crippen LogP) is 1.21. The quantitative estimate of drug-likeness (QED) is 0.834. The molecule has 2 aliphatic rings. The van der Waals surface area contributed by atoms with Gasteiger partial charge < -0.3 is 4.90 Å². The lowest BCUT2D eigenvalue weighted by Crippen LogP contribution is -2.50. The molecule has 1 aromatic rings. The zero-order chi connectivity index (χ0) is 16.4. The van der Waals surface area contributed by atoms with Crippen molar-refractivity contribution in [3.63, 3.8) is 0 Å². The van der Waals surface area contributed by atoms with E-state index in [-0.39, 0.29) is 5.91 Å². The van der Waals surface area contributed by atoms with Crippen LogP contribution in [0.4, 0.5) is 0 Å². The largest absolute Gasteiger partial charge is 0.340 e. The van der Waals surface area contributed by atoms with Gasteiger partial charge in [0.1, 0.15) is 0 Å². The van der Waals surface area contributed by atoms with Crippen LogP contribution in [0.3, 0.4) is 0 Å². The highest BCUT2D eigenvalue weighted by molar-refractivity contribution is 7.88. The van der Waals surface area contributed by atoms with Gasteiger partial charge in [-0.2, -0.15) is 4.31 Å². The van der Waals surface area contributed by atoms with Gasteiger partial charge in [0.2, 0.25) is 15.9 Å². The lowest BCUT2D eigenvalue weighted by Gasteiger charge is -2.33. The number of amides is 1. The zero-order valence-electron chi connectivity index (χ0n) is 13.6. The lowest BCUT2D eigenvalue weighted by atomic mass is 9.90. The maximum Gasteiger partial charge on any atom is 0.227 e. The molecule has 0 saturated carbocycles. The number of piperazine rings is 1. The van der Waals surface area contributed by atoms with E-state index < -0.39 is 10.0 Å². The highest BCUT2D eigenvalue weighted by Gasteiger charge is 2.26. The first-order valence-corrected chi connectivity index (χ1v) is 10.1. The number of benzene rings is 1. The number of sulfonamides is 1. The average molecular weight is 336 g/mol. The molecule has 23 heavy (non-hydrogen) atoms. The number of fused-ring (bicyclic) bond motifs is 1. The van der Waals surface area contributed by atoms with E-state index >= 15 is 0 Å². The van der Waals surface area contributed by atoms with Crippen LogP contribution < -0.4 is 0 Å². The fourth-order valence-electron chi connectivity index (χ4n) is 3.45. The van der Waals surface area contributed by atoms with E-state index in [1.165, 1.54) is 34.5 Å². The molecule has 1 aromatic carbocycles. The molecule has 0 bridgehead atoms. The Labute approximate surface area is 138 Å². The van der Waals surface area contributed by atoms with Crippen LogP contribution in [0.15, 0.2) is 18.2 Å². The molecular weight excluding hydrogens is 312 g/mol. The van der Waals surface area contributed by atoms with Gasteiger partial charge in [-0.1, -0.05) is 18.2 Å². The molecule has 0 radical (unpaired) electrons. The van der Waals surface area contributed by atoms with Gasteiger partial charge in [0.25, 0.3) is 0 Å². The first-order valence-electron chi connectivity index (χ1n) is 8.27. The van der Waals surface area contributed by atoms with Crippen molar-refractivity contribution in [3.05, 3.63) is 34.9 Å². The first-order chi connectivity index (χ1) is 10.9. The minimum atomic E-state index is -3.15. The fourth-order valence-corrected chi connectivity index (χ4v) is 4.28. The molecule has 0 spiro atoms. The molecule has 1 heterocycles. The highest BCUT2D eigenvalue weighted by atomic mass is 32.2. The monoisotopic (exact) mass is 336 g/mol. The molecular formula is C17H24N2O3S. The summed E-state index contributed by atoms with van der Waals surface area (Å²) >= 11 is 0. The smallest absolute Gasteiger partial charge is 0.227 e. The number of hydrogen-bond acceptors (Lipinski definition) is 3. The molecule has 1 saturated heterocycles. The van der Waals surface area contributed by atoms with Gasteiger partial charge in [-0.25, -0.2) is 8.42 Å². The van der Waals surface area contributed by atoms with Crippen LogP contribution in [0.2, 0.25) is 0 Å². The Kier molecular flexibility index (Phi) is 4.73. The molecule has 1 amide bonds. The predicted molar refractivity (Wildman–Crippen MR) is 89.8 cm³/mol. The van der Waals surface area contributed by atoms with Crippen LogP contribution in [0.25, 0.3) is 0 Å². The van der Waals surface area contributed by atoms with Crippen LogP contribution in [0, 0.1) is 0 Å². The van der Waals surface area contributed by atoms with Crippen molar-refractivity contribution in [1.82, 2.24) is 9.21 Å². The van der Waals surface area contributed by atoms with Crippen LogP contribution >= 0.6 is 0 Å². The van der Waals surface area contributed by atoms with Gasteiger partial charge in [-0.05, 0) is 42.4 Å². The number of aryl methyl sites for hydroxylation is 2. The van der Waals surface area contributed by atoms with E-state index in [1.54, 1.807) is 4.90 Å². The van der Waals surface area contributed by atoms with Gasteiger partial charge in [-0.15, -0.1) is 0 Å². The van der Waals surface area contributed by atoms with Crippen LogP contribution in [0.5, 0.6) is 0 Å². The van der Waals surface area contributed by atoms with E-state index in [0.717, 1.165) is 18.4 Å². The second kappa shape index (κ2) is 6.61. The summed E-state index contributed by atoms with van der Waals surface area (Å²) < 4.78 is 24.5. The van der Waals surface area contributed by atoms with E-state index in [9.17, 15) is 13.2 Å². The van der Waals surface area contributed by atoms with E-state index in [0.29, 0.717) is 32.6 Å². The summed E-state index contributed by atoms with van der Waals surface area (Å²) in [5.41, 5.74) is 3.89. The molecule has 0 atom stereocenters. The summed E-state index contributed by atoms with van der Waals surface area (Å²) in [5.74, 6) is 0.0916. The van der Waals surface area contributed by atoms with E-state index in [1.807, 2.05) is 0 Å². The van der Waals surface area contributed by atoms with Crippen LogP contribution in [-0.2, 0) is 34.1 Å². The second-order valence-corrected chi connectivity index (χ2v) is 8.51. The van der Waals surface area contributed by atoms with Crippen molar-refractivity contribution in [2.45, 2.75) is 32.1 Å². The summed E-state index contributed by atoms with van der Waals surface area (Å²) in [7, 11) is -3.15. The Morgan fingerprint density at radius 1 is 1.04 bits per heavy atom. The maximum absolute atomic E-state index is 12.4. The molecule has 6 heteroatoms. The topological polar surface area (TPSA) is 57.7 Å². The Morgan fingerprint density at radius 2 is 1.70 bits per heavy atom. The van der Waals surface area contributed by atoms with Crippen molar-refractivity contribution in [1.29, 1.82) is 0 Å². The number of nitrogens with zero attached hydrogens (tertiary/aromatic N) is 2. The molecule has 5 nitrogen and oxygen atoms in total. The average Bonchev–Trinajstić information content (AvgIpc) is 2.54. The highest BCUT2D eigenvalue weighted by Crippen LogP contribution is 2.22. The number of carbonyl (C=O) groups is 1. The maximum atomic E-state index is 12.4. The third-order valence-electron chi connectivity index (χ3n) is 4.83. The Bertz CT molecular complexity index is 692. The standard InChI is InChI=1S/C17H24N2O3S/c1-23(21,22)19-10-8-18(9-11-19)17(20)13-14-6-7-15-4-2-3-5-16(15)12-14/h6-7,12H,2-5,8-11,13H2,1H3. The summed E-state index contributed by atoms with van der Waals surface area (Å²) in [4.78, 5) is 14.2. The SMILES string of the molecule is CS(=O)(=O)N1CCN(C(=O)Cc2ccc3c(c2)CCCC3)CC1. The summed E-state index contributed by atoms with van der Waals surface area (Å²) in [6.07, 6.45) is 6.39. The van der Waals surface area contributed by atoms with Crippen molar-refractivity contribution < 1.29 is 13.2 Å². The van der Waals surface area contributed by atoms with Gasteiger partial charge in [0.05, 0.1) is 12.7 Å². The summed E-state index contributed by atoms with van der Waals surface area (Å²) in [6.45, 7) is 1.76. The Balaban J connectivity index is 1.60. The number of rotatable bonds is 3. The summed E-state index contributed by atoms with van der Waals surface area (Å²) in [6, 6.07) is 6.41. The van der Waals surface area contributed by atoms with Gasteiger partial charge in [-0.3, -0.25) is 4.79 Å². The van der Waals surface area contributed by atoms with Crippen molar-refractivity contribution in [3.8, 4) is 0 Å². The van der Waals surface area contributed by atoms with Gasteiger partial charge in [0.15, 0.2) is 0 Å². The second-order valence-electron chi connectivity index (χ2n) is 6.53. The summed E-state index contributed by atoms with van der Waals surface area (Å²) in [5, 5.41) is 0. The number of carbonyl (C=O) groups excluding carboxylic acids is 1. The lowest BCUT2D eigenvalue weighted by molar-refractivity contribution is -0.131. The number of hydrogen-bond donors (Lipinski definition) is 0. The minimum absolute atomic E-state index is 0.0916. The molecule has 3 rings (SSSR count). The van der Waals surface area contributed by atoms with E-state index in [2.05, 4.69) is 18.2 Å². The van der Waals surface area contributed by atoms with Crippen molar-refractivity contribution in [2.75, 3.05) is 32.4 Å². The third kappa shape index (κ3) is 3.93.